The van der Waals surface area contributed by atoms with Gasteiger partial charge in [-0.2, -0.15) is 0 Å². The number of nitrogens with one attached hydrogen (secondary N) is 1. The number of benzene rings is 2. The molecule has 0 heterocycles. The minimum atomic E-state index is -0.392. The van der Waals surface area contributed by atoms with Gasteiger partial charge in [-0.1, -0.05) is 57.2 Å². The predicted molar refractivity (Wildman–Crippen MR) is 84.7 cm³/mol. The summed E-state index contributed by atoms with van der Waals surface area (Å²) in [5.41, 5.74) is 3.87. The van der Waals surface area contributed by atoms with Gasteiger partial charge in [0.05, 0.1) is 0 Å². The first kappa shape index (κ1) is 14.3. The highest BCUT2D eigenvalue weighted by molar-refractivity contribution is 5.95. The number of hydrogen-bond donors (Lipinski definition) is 1. The van der Waals surface area contributed by atoms with Crippen LogP contribution in [-0.2, 0) is 4.79 Å². The predicted octanol–water partition coefficient (Wildman–Crippen LogP) is 4.65. The van der Waals surface area contributed by atoms with Crippen LogP contribution in [0.3, 0.4) is 0 Å². The molecule has 0 aliphatic carbocycles. The third-order valence-electron chi connectivity index (χ3n) is 3.12. The van der Waals surface area contributed by atoms with Crippen LogP contribution in [0.5, 0.6) is 0 Å². The fourth-order valence-corrected chi connectivity index (χ4v) is 1.97. The molecule has 104 valence electrons. The van der Waals surface area contributed by atoms with Crippen LogP contribution in [0.15, 0.2) is 48.5 Å². The lowest BCUT2D eigenvalue weighted by atomic mass is 9.95. The zero-order valence-corrected chi connectivity index (χ0v) is 12.5. The zero-order valence-electron chi connectivity index (χ0n) is 12.5. The Morgan fingerprint density at radius 3 is 2.20 bits per heavy atom. The molecular weight excluding hydrogens is 246 g/mol. The van der Waals surface area contributed by atoms with E-state index in [4.69, 9.17) is 0 Å². The van der Waals surface area contributed by atoms with Crippen LogP contribution in [-0.4, -0.2) is 5.91 Å². The number of carbonyl (C=O) groups is 1. The van der Waals surface area contributed by atoms with Crippen molar-refractivity contribution in [3.05, 3.63) is 54.1 Å². The van der Waals surface area contributed by atoms with Gasteiger partial charge in [-0.05, 0) is 35.7 Å². The highest BCUT2D eigenvalue weighted by atomic mass is 16.2. The SMILES string of the molecule is Cc1cc(NC(=O)C(C)(C)C)cc(-c2ccccc2)c1. The molecular formula is C18H21NO. The van der Waals surface area contributed by atoms with E-state index in [1.54, 1.807) is 0 Å². The molecule has 0 bridgehead atoms. The quantitative estimate of drug-likeness (QED) is 0.843. The second-order valence-electron chi connectivity index (χ2n) is 6.16. The van der Waals surface area contributed by atoms with E-state index in [2.05, 4.69) is 23.5 Å². The summed E-state index contributed by atoms with van der Waals surface area (Å²) in [4.78, 5) is 12.1. The van der Waals surface area contributed by atoms with E-state index >= 15 is 0 Å². The summed E-state index contributed by atoms with van der Waals surface area (Å²) in [7, 11) is 0. The molecule has 0 aromatic heterocycles. The summed E-state index contributed by atoms with van der Waals surface area (Å²) in [5, 5.41) is 2.99. The molecule has 0 saturated heterocycles. The molecule has 0 saturated carbocycles. The van der Waals surface area contributed by atoms with Crippen LogP contribution in [0.1, 0.15) is 26.3 Å². The average Bonchev–Trinajstić information content (AvgIpc) is 2.38. The van der Waals surface area contributed by atoms with Crippen molar-refractivity contribution in [2.75, 3.05) is 5.32 Å². The molecule has 0 unspecified atom stereocenters. The second kappa shape index (κ2) is 5.49. The van der Waals surface area contributed by atoms with E-state index in [1.165, 1.54) is 0 Å². The van der Waals surface area contributed by atoms with Crippen LogP contribution in [0, 0.1) is 12.3 Å². The highest BCUT2D eigenvalue weighted by Gasteiger charge is 2.21. The first-order chi connectivity index (χ1) is 9.36. The van der Waals surface area contributed by atoms with Gasteiger partial charge in [0.15, 0.2) is 0 Å². The molecule has 0 fully saturated rings. The Hall–Kier alpha value is -2.09. The van der Waals surface area contributed by atoms with E-state index < -0.39 is 5.41 Å². The zero-order chi connectivity index (χ0) is 14.8. The molecule has 2 nitrogen and oxygen atoms in total. The molecule has 0 aliphatic rings. The monoisotopic (exact) mass is 267 g/mol. The number of rotatable bonds is 2. The smallest absolute Gasteiger partial charge is 0.229 e. The lowest BCUT2D eigenvalue weighted by molar-refractivity contribution is -0.123. The van der Waals surface area contributed by atoms with Crippen LogP contribution >= 0.6 is 0 Å². The Balaban J connectivity index is 2.33. The van der Waals surface area contributed by atoms with Crippen LogP contribution in [0.4, 0.5) is 5.69 Å². The summed E-state index contributed by atoms with van der Waals surface area (Å²) in [5.74, 6) is 0.0297. The number of aryl methyl sites for hydroxylation is 1. The maximum Gasteiger partial charge on any atom is 0.229 e. The molecule has 2 rings (SSSR count). The van der Waals surface area contributed by atoms with Gasteiger partial charge in [-0.15, -0.1) is 0 Å². The third kappa shape index (κ3) is 3.47. The Bertz CT molecular complexity index is 609. The highest BCUT2D eigenvalue weighted by Crippen LogP contribution is 2.26. The largest absolute Gasteiger partial charge is 0.326 e. The summed E-state index contributed by atoms with van der Waals surface area (Å²) < 4.78 is 0. The number of carbonyl (C=O) groups excluding carboxylic acids is 1. The van der Waals surface area contributed by atoms with Crippen LogP contribution in [0.25, 0.3) is 11.1 Å². The number of amides is 1. The lowest BCUT2D eigenvalue weighted by Crippen LogP contribution is -2.27. The molecule has 1 amide bonds. The maximum atomic E-state index is 12.1. The van der Waals surface area contributed by atoms with E-state index in [-0.39, 0.29) is 5.91 Å². The van der Waals surface area contributed by atoms with E-state index in [0.29, 0.717) is 0 Å². The lowest BCUT2D eigenvalue weighted by Gasteiger charge is -2.18. The minimum Gasteiger partial charge on any atom is -0.326 e. The van der Waals surface area contributed by atoms with Gasteiger partial charge in [0.1, 0.15) is 0 Å². The Kier molecular flexibility index (Phi) is 3.93. The minimum absolute atomic E-state index is 0.0297. The Morgan fingerprint density at radius 1 is 0.950 bits per heavy atom. The maximum absolute atomic E-state index is 12.1. The Labute approximate surface area is 120 Å². The van der Waals surface area contributed by atoms with Gasteiger partial charge in [0, 0.05) is 11.1 Å². The van der Waals surface area contributed by atoms with Gasteiger partial charge < -0.3 is 5.32 Å². The van der Waals surface area contributed by atoms with Gasteiger partial charge in [-0.25, -0.2) is 0 Å². The molecule has 1 N–H and O–H groups in total. The third-order valence-corrected chi connectivity index (χ3v) is 3.12. The molecule has 2 aromatic rings. The van der Waals surface area contributed by atoms with Crippen molar-refractivity contribution in [1.82, 2.24) is 0 Å². The molecule has 0 radical (unpaired) electrons. The van der Waals surface area contributed by atoms with Crippen molar-refractivity contribution in [1.29, 1.82) is 0 Å². The summed E-state index contributed by atoms with van der Waals surface area (Å²) in [6.45, 7) is 7.78. The Morgan fingerprint density at radius 2 is 1.60 bits per heavy atom. The molecule has 0 aliphatic heterocycles. The summed E-state index contributed by atoms with van der Waals surface area (Å²) in [6.07, 6.45) is 0. The molecule has 20 heavy (non-hydrogen) atoms. The van der Waals surface area contributed by atoms with Crippen LogP contribution in [0.2, 0.25) is 0 Å². The molecule has 0 spiro atoms. The van der Waals surface area contributed by atoms with Crippen LogP contribution < -0.4 is 5.32 Å². The fourth-order valence-electron chi connectivity index (χ4n) is 1.97. The van der Waals surface area contributed by atoms with Crippen molar-refractivity contribution in [3.8, 4) is 11.1 Å². The van der Waals surface area contributed by atoms with Crippen molar-refractivity contribution in [2.45, 2.75) is 27.7 Å². The number of anilines is 1. The molecule has 0 atom stereocenters. The van der Waals surface area contributed by atoms with E-state index in [9.17, 15) is 4.79 Å². The first-order valence-corrected chi connectivity index (χ1v) is 6.85. The van der Waals surface area contributed by atoms with Crippen molar-refractivity contribution < 1.29 is 4.79 Å². The molecule has 2 aromatic carbocycles. The van der Waals surface area contributed by atoms with E-state index in [0.717, 1.165) is 22.4 Å². The van der Waals surface area contributed by atoms with Gasteiger partial charge in [0.2, 0.25) is 5.91 Å². The van der Waals surface area contributed by atoms with E-state index in [1.807, 2.05) is 58.0 Å². The number of hydrogen-bond acceptors (Lipinski definition) is 1. The van der Waals surface area contributed by atoms with Crippen molar-refractivity contribution >= 4 is 11.6 Å². The van der Waals surface area contributed by atoms with Crippen molar-refractivity contribution in [2.24, 2.45) is 5.41 Å². The van der Waals surface area contributed by atoms with Gasteiger partial charge in [0.25, 0.3) is 0 Å². The summed E-state index contributed by atoms with van der Waals surface area (Å²) in [6, 6.07) is 16.3. The summed E-state index contributed by atoms with van der Waals surface area (Å²) >= 11 is 0. The van der Waals surface area contributed by atoms with Crippen molar-refractivity contribution in [3.63, 3.8) is 0 Å². The second-order valence-corrected chi connectivity index (χ2v) is 6.16. The fraction of sp³-hybridized carbons (Fsp3) is 0.278. The standard InChI is InChI=1S/C18H21NO/c1-13-10-15(14-8-6-5-7-9-14)12-16(11-13)19-17(20)18(2,3)4/h5-12H,1-4H3,(H,19,20). The first-order valence-electron chi connectivity index (χ1n) is 6.85. The van der Waals surface area contributed by atoms with Gasteiger partial charge in [-0.3, -0.25) is 4.79 Å². The average molecular weight is 267 g/mol. The molecule has 2 heteroatoms. The van der Waals surface area contributed by atoms with Gasteiger partial charge >= 0.3 is 0 Å². The normalized spacial score (nSPS) is 11.2. The topological polar surface area (TPSA) is 29.1 Å².